The van der Waals surface area contributed by atoms with E-state index in [1.807, 2.05) is 0 Å². The summed E-state index contributed by atoms with van der Waals surface area (Å²) >= 11 is 3.31. The van der Waals surface area contributed by atoms with Gasteiger partial charge in [-0.3, -0.25) is 9.59 Å². The molecule has 0 aromatic heterocycles. The van der Waals surface area contributed by atoms with Crippen LogP contribution in [0.4, 0.5) is 5.69 Å². The van der Waals surface area contributed by atoms with Gasteiger partial charge in [-0.1, -0.05) is 41.9 Å². The van der Waals surface area contributed by atoms with Crippen LogP contribution in [0, 0.1) is 0 Å². The van der Waals surface area contributed by atoms with Gasteiger partial charge >= 0.3 is 0 Å². The lowest BCUT2D eigenvalue weighted by Gasteiger charge is -2.19. The van der Waals surface area contributed by atoms with Gasteiger partial charge in [-0.05, 0) is 30.3 Å². The molecule has 7 nitrogen and oxygen atoms in total. The highest BCUT2D eigenvalue weighted by molar-refractivity contribution is 9.10. The number of sulfonamides is 1. The number of rotatable bonds is 10. The SMILES string of the molecule is CCN(CC)S(=O)(=O)c1ccc(OC)c(NC(=O)CCC(=O)c2ccc(Br)cc2)c1. The van der Waals surface area contributed by atoms with Crippen LogP contribution in [-0.2, 0) is 14.8 Å². The molecule has 0 aliphatic carbocycles. The Balaban J connectivity index is 2.13. The van der Waals surface area contributed by atoms with Crippen molar-refractivity contribution < 1.29 is 22.7 Å². The fourth-order valence-corrected chi connectivity index (χ4v) is 4.63. The summed E-state index contributed by atoms with van der Waals surface area (Å²) in [6, 6.07) is 11.2. The Morgan fingerprint density at radius 3 is 2.23 bits per heavy atom. The zero-order valence-electron chi connectivity index (χ0n) is 17.1. The number of Topliss-reactive ketones (excluding diaryl/α,β-unsaturated/α-hetero) is 1. The number of ether oxygens (including phenoxy) is 1. The van der Waals surface area contributed by atoms with Crippen molar-refractivity contribution in [2.75, 3.05) is 25.5 Å². The molecule has 0 heterocycles. The molecule has 0 fully saturated rings. The fourth-order valence-electron chi connectivity index (χ4n) is 2.88. The molecule has 0 bridgehead atoms. The number of halogens is 1. The number of nitrogens with zero attached hydrogens (tertiary/aromatic N) is 1. The van der Waals surface area contributed by atoms with Crippen molar-refractivity contribution in [1.82, 2.24) is 4.31 Å². The Morgan fingerprint density at radius 2 is 1.67 bits per heavy atom. The molecule has 0 aliphatic rings. The second-order valence-electron chi connectivity index (χ2n) is 6.43. The van der Waals surface area contributed by atoms with E-state index < -0.39 is 15.9 Å². The summed E-state index contributed by atoms with van der Waals surface area (Å²) in [6.07, 6.45) is -0.00169. The number of hydrogen-bond acceptors (Lipinski definition) is 5. The number of hydrogen-bond donors (Lipinski definition) is 1. The molecular formula is C21H25BrN2O5S. The van der Waals surface area contributed by atoms with Gasteiger partial charge in [0.05, 0.1) is 17.7 Å². The minimum absolute atomic E-state index is 0.0349. The lowest BCUT2D eigenvalue weighted by molar-refractivity contribution is -0.116. The summed E-state index contributed by atoms with van der Waals surface area (Å²) in [4.78, 5) is 24.7. The number of ketones is 1. The van der Waals surface area contributed by atoms with Gasteiger partial charge in [-0.15, -0.1) is 0 Å². The van der Waals surface area contributed by atoms with Crippen LogP contribution in [0.25, 0.3) is 0 Å². The maximum atomic E-state index is 12.8. The summed E-state index contributed by atoms with van der Waals surface area (Å²) in [5.41, 5.74) is 0.766. The third kappa shape index (κ3) is 5.90. The first-order valence-electron chi connectivity index (χ1n) is 9.49. The first-order valence-corrected chi connectivity index (χ1v) is 11.7. The maximum Gasteiger partial charge on any atom is 0.243 e. The summed E-state index contributed by atoms with van der Waals surface area (Å²) in [5, 5.41) is 2.66. The average molecular weight is 497 g/mol. The van der Waals surface area contributed by atoms with Crippen LogP contribution in [0.5, 0.6) is 5.75 Å². The van der Waals surface area contributed by atoms with Crippen molar-refractivity contribution in [1.29, 1.82) is 0 Å². The number of carbonyl (C=O) groups excluding carboxylic acids is 2. The van der Waals surface area contributed by atoms with E-state index in [1.165, 1.54) is 29.6 Å². The molecule has 9 heteroatoms. The highest BCUT2D eigenvalue weighted by Gasteiger charge is 2.23. The lowest BCUT2D eigenvalue weighted by atomic mass is 10.1. The van der Waals surface area contributed by atoms with Crippen molar-refractivity contribution in [2.24, 2.45) is 0 Å². The summed E-state index contributed by atoms with van der Waals surface area (Å²) in [6.45, 7) is 4.20. The van der Waals surface area contributed by atoms with E-state index in [-0.39, 0.29) is 29.2 Å². The normalized spacial score (nSPS) is 11.4. The van der Waals surface area contributed by atoms with E-state index in [1.54, 1.807) is 38.1 Å². The van der Waals surface area contributed by atoms with E-state index in [2.05, 4.69) is 21.2 Å². The van der Waals surface area contributed by atoms with Gasteiger partial charge in [0.2, 0.25) is 15.9 Å². The second-order valence-corrected chi connectivity index (χ2v) is 9.28. The molecule has 0 spiro atoms. The fraction of sp³-hybridized carbons (Fsp3) is 0.333. The first-order chi connectivity index (χ1) is 14.2. The number of nitrogens with one attached hydrogen (secondary N) is 1. The number of carbonyl (C=O) groups is 2. The average Bonchev–Trinajstić information content (AvgIpc) is 2.73. The Bertz CT molecular complexity index is 1000. The molecule has 2 aromatic carbocycles. The largest absolute Gasteiger partial charge is 0.495 e. The predicted molar refractivity (Wildman–Crippen MR) is 119 cm³/mol. The third-order valence-corrected chi connectivity index (χ3v) is 7.11. The van der Waals surface area contributed by atoms with Gasteiger partial charge in [-0.2, -0.15) is 4.31 Å². The van der Waals surface area contributed by atoms with E-state index in [0.29, 0.717) is 24.4 Å². The number of methoxy groups -OCH3 is 1. The Labute approximate surface area is 185 Å². The third-order valence-electron chi connectivity index (χ3n) is 4.53. The molecule has 162 valence electrons. The van der Waals surface area contributed by atoms with Crippen molar-refractivity contribution in [3.05, 3.63) is 52.5 Å². The van der Waals surface area contributed by atoms with Gasteiger partial charge in [-0.25, -0.2) is 8.42 Å². The van der Waals surface area contributed by atoms with Gasteiger partial charge in [0.25, 0.3) is 0 Å². The molecule has 30 heavy (non-hydrogen) atoms. The van der Waals surface area contributed by atoms with E-state index >= 15 is 0 Å². The second kappa shape index (κ2) is 10.7. The van der Waals surface area contributed by atoms with Crippen LogP contribution in [0.15, 0.2) is 51.8 Å². The number of benzene rings is 2. The minimum Gasteiger partial charge on any atom is -0.495 e. The number of amides is 1. The molecule has 0 unspecified atom stereocenters. The summed E-state index contributed by atoms with van der Waals surface area (Å²) < 4.78 is 32.9. The molecule has 1 N–H and O–H groups in total. The Hall–Kier alpha value is -2.23. The molecule has 0 saturated carbocycles. The number of anilines is 1. The van der Waals surface area contributed by atoms with E-state index in [0.717, 1.165) is 4.47 Å². The standard InChI is InChI=1S/C21H25BrN2O5S/c1-4-24(5-2)30(27,28)17-10-12-20(29-3)18(14-17)23-21(26)13-11-19(25)15-6-8-16(22)9-7-15/h6-10,12,14H,4-5,11,13H2,1-3H3,(H,23,26). The van der Waals surface area contributed by atoms with E-state index in [9.17, 15) is 18.0 Å². The Kier molecular flexibility index (Phi) is 8.57. The van der Waals surface area contributed by atoms with Crippen LogP contribution in [0.3, 0.4) is 0 Å². The van der Waals surface area contributed by atoms with Crippen LogP contribution in [0.1, 0.15) is 37.0 Å². The van der Waals surface area contributed by atoms with Crippen LogP contribution < -0.4 is 10.1 Å². The van der Waals surface area contributed by atoms with Gasteiger partial charge < -0.3 is 10.1 Å². The van der Waals surface area contributed by atoms with Crippen molar-refractivity contribution >= 4 is 43.3 Å². The lowest BCUT2D eigenvalue weighted by Crippen LogP contribution is -2.30. The van der Waals surface area contributed by atoms with Gasteiger partial charge in [0.15, 0.2) is 5.78 Å². The Morgan fingerprint density at radius 1 is 1.03 bits per heavy atom. The quantitative estimate of drug-likeness (QED) is 0.500. The van der Waals surface area contributed by atoms with Crippen LogP contribution in [-0.4, -0.2) is 44.6 Å². The van der Waals surface area contributed by atoms with Gasteiger partial charge in [0, 0.05) is 36.0 Å². The van der Waals surface area contributed by atoms with Crippen molar-refractivity contribution in [2.45, 2.75) is 31.6 Å². The highest BCUT2D eigenvalue weighted by Crippen LogP contribution is 2.29. The van der Waals surface area contributed by atoms with Crippen LogP contribution >= 0.6 is 15.9 Å². The molecule has 0 atom stereocenters. The van der Waals surface area contributed by atoms with E-state index in [4.69, 9.17) is 4.74 Å². The zero-order valence-corrected chi connectivity index (χ0v) is 19.5. The van der Waals surface area contributed by atoms with Crippen LogP contribution in [0.2, 0.25) is 0 Å². The monoisotopic (exact) mass is 496 g/mol. The molecule has 0 radical (unpaired) electrons. The zero-order chi connectivity index (χ0) is 22.3. The van der Waals surface area contributed by atoms with Crippen molar-refractivity contribution in [3.63, 3.8) is 0 Å². The smallest absolute Gasteiger partial charge is 0.243 e. The predicted octanol–water partition coefficient (Wildman–Crippen LogP) is 4.09. The summed E-state index contributed by atoms with van der Waals surface area (Å²) in [7, 11) is -2.25. The highest BCUT2D eigenvalue weighted by atomic mass is 79.9. The minimum atomic E-state index is -3.68. The molecule has 0 saturated heterocycles. The maximum absolute atomic E-state index is 12.8. The summed E-state index contributed by atoms with van der Waals surface area (Å²) in [5.74, 6) is -0.222. The van der Waals surface area contributed by atoms with Crippen molar-refractivity contribution in [3.8, 4) is 5.75 Å². The molecule has 2 rings (SSSR count). The molecular weight excluding hydrogens is 472 g/mol. The molecule has 1 amide bonds. The van der Waals surface area contributed by atoms with Gasteiger partial charge in [0.1, 0.15) is 5.75 Å². The molecule has 2 aromatic rings. The first kappa shape index (κ1) is 24.0. The topological polar surface area (TPSA) is 92.8 Å². The molecule has 0 aliphatic heterocycles.